The standard InChI is InChI=1S/C21H21F2N3O2S/c1-12-9-26(10-13(2)28-12)20-15(11-27)8-16(17(22)18(20)23)19-21(29-25-24-19)14-6-4-3-5-7-14/h3-8,12-13,27H,9-11H2,1-2H3. The Morgan fingerprint density at radius 3 is 2.48 bits per heavy atom. The zero-order valence-electron chi connectivity index (χ0n) is 16.1. The van der Waals surface area contributed by atoms with Gasteiger partial charge < -0.3 is 14.7 Å². The molecule has 2 unspecified atom stereocenters. The van der Waals surface area contributed by atoms with Gasteiger partial charge in [0.2, 0.25) is 0 Å². The fourth-order valence-corrected chi connectivity index (χ4v) is 4.49. The highest BCUT2D eigenvalue weighted by atomic mass is 32.1. The lowest BCUT2D eigenvalue weighted by Crippen LogP contribution is -2.46. The van der Waals surface area contributed by atoms with Gasteiger partial charge in [0.15, 0.2) is 11.6 Å². The second-order valence-corrected chi connectivity index (χ2v) is 7.95. The molecule has 4 rings (SSSR count). The molecule has 0 spiro atoms. The zero-order chi connectivity index (χ0) is 20.5. The Morgan fingerprint density at radius 1 is 1.14 bits per heavy atom. The molecule has 1 aliphatic heterocycles. The number of aliphatic hydroxyl groups is 1. The van der Waals surface area contributed by atoms with Crippen molar-refractivity contribution in [1.29, 1.82) is 0 Å². The lowest BCUT2D eigenvalue weighted by Gasteiger charge is -2.38. The Hall–Kier alpha value is -2.42. The number of hydrogen-bond donors (Lipinski definition) is 1. The number of anilines is 1. The van der Waals surface area contributed by atoms with Crippen LogP contribution in [0.1, 0.15) is 19.4 Å². The summed E-state index contributed by atoms with van der Waals surface area (Å²) in [7, 11) is 0. The summed E-state index contributed by atoms with van der Waals surface area (Å²) in [5.74, 6) is -1.98. The summed E-state index contributed by atoms with van der Waals surface area (Å²) in [6, 6.07) is 10.8. The van der Waals surface area contributed by atoms with E-state index in [-0.39, 0.29) is 29.2 Å². The number of aliphatic hydroxyl groups excluding tert-OH is 1. The van der Waals surface area contributed by atoms with Gasteiger partial charge >= 0.3 is 0 Å². The molecule has 1 aromatic heterocycles. The first-order valence-corrected chi connectivity index (χ1v) is 10.2. The van der Waals surface area contributed by atoms with Crippen LogP contribution in [-0.4, -0.2) is 40.0 Å². The lowest BCUT2D eigenvalue weighted by molar-refractivity contribution is -0.00553. The molecule has 3 aromatic rings. The summed E-state index contributed by atoms with van der Waals surface area (Å²) >= 11 is 1.12. The van der Waals surface area contributed by atoms with E-state index in [1.165, 1.54) is 6.07 Å². The predicted molar refractivity (Wildman–Crippen MR) is 109 cm³/mol. The Morgan fingerprint density at radius 2 is 1.83 bits per heavy atom. The quantitative estimate of drug-likeness (QED) is 0.688. The van der Waals surface area contributed by atoms with Crippen LogP contribution < -0.4 is 4.90 Å². The number of ether oxygens (including phenoxy) is 1. The van der Waals surface area contributed by atoms with Crippen LogP contribution in [0.15, 0.2) is 36.4 Å². The minimum Gasteiger partial charge on any atom is -0.392 e. The van der Waals surface area contributed by atoms with Crippen LogP contribution in [0.25, 0.3) is 21.7 Å². The molecular formula is C21H21F2N3O2S. The van der Waals surface area contributed by atoms with Crippen molar-refractivity contribution in [3.8, 4) is 21.7 Å². The van der Waals surface area contributed by atoms with Crippen LogP contribution in [0.5, 0.6) is 0 Å². The van der Waals surface area contributed by atoms with Crippen LogP contribution in [0.2, 0.25) is 0 Å². The largest absolute Gasteiger partial charge is 0.392 e. The molecule has 1 N–H and O–H groups in total. The Bertz CT molecular complexity index is 1000. The number of hydrogen-bond acceptors (Lipinski definition) is 6. The fourth-order valence-electron chi connectivity index (χ4n) is 3.81. The van der Waals surface area contributed by atoms with Gasteiger partial charge in [-0.3, -0.25) is 0 Å². The van der Waals surface area contributed by atoms with Crippen LogP contribution in [0.3, 0.4) is 0 Å². The van der Waals surface area contributed by atoms with Crippen molar-refractivity contribution in [1.82, 2.24) is 9.59 Å². The molecule has 5 nitrogen and oxygen atoms in total. The van der Waals surface area contributed by atoms with E-state index >= 15 is 8.78 Å². The number of benzene rings is 2. The molecule has 29 heavy (non-hydrogen) atoms. The molecule has 0 aliphatic carbocycles. The van der Waals surface area contributed by atoms with E-state index in [0.29, 0.717) is 23.5 Å². The highest BCUT2D eigenvalue weighted by Gasteiger charge is 2.30. The van der Waals surface area contributed by atoms with Gasteiger partial charge in [-0.15, -0.1) is 5.10 Å². The molecule has 0 saturated carbocycles. The van der Waals surface area contributed by atoms with Crippen molar-refractivity contribution in [2.45, 2.75) is 32.7 Å². The Labute approximate surface area is 171 Å². The summed E-state index contributed by atoms with van der Waals surface area (Å²) in [4.78, 5) is 2.39. The molecular weight excluding hydrogens is 396 g/mol. The van der Waals surface area contributed by atoms with E-state index in [9.17, 15) is 5.11 Å². The van der Waals surface area contributed by atoms with Crippen molar-refractivity contribution in [2.75, 3.05) is 18.0 Å². The van der Waals surface area contributed by atoms with Gasteiger partial charge in [-0.25, -0.2) is 8.78 Å². The number of nitrogens with zero attached hydrogens (tertiary/aromatic N) is 3. The highest BCUT2D eigenvalue weighted by Crippen LogP contribution is 2.39. The molecule has 2 heterocycles. The van der Waals surface area contributed by atoms with Gasteiger partial charge in [0.1, 0.15) is 5.69 Å². The van der Waals surface area contributed by atoms with E-state index in [1.54, 1.807) is 4.90 Å². The first-order chi connectivity index (χ1) is 14.0. The zero-order valence-corrected chi connectivity index (χ0v) is 16.9. The average Bonchev–Trinajstić information content (AvgIpc) is 3.19. The van der Waals surface area contributed by atoms with E-state index in [4.69, 9.17) is 4.74 Å². The van der Waals surface area contributed by atoms with Crippen LogP contribution in [0, 0.1) is 11.6 Å². The summed E-state index contributed by atoms with van der Waals surface area (Å²) in [6.07, 6.45) is -0.250. The maximum atomic E-state index is 15.3. The monoisotopic (exact) mass is 417 g/mol. The Kier molecular flexibility index (Phi) is 5.58. The smallest absolute Gasteiger partial charge is 0.183 e. The molecule has 2 atom stereocenters. The second-order valence-electron chi connectivity index (χ2n) is 7.20. The average molecular weight is 417 g/mol. The number of aromatic nitrogens is 2. The van der Waals surface area contributed by atoms with Crippen molar-refractivity contribution < 1.29 is 18.6 Å². The lowest BCUT2D eigenvalue weighted by atomic mass is 10.0. The van der Waals surface area contributed by atoms with Crippen molar-refractivity contribution in [2.24, 2.45) is 0 Å². The molecule has 0 radical (unpaired) electrons. The number of morpholine rings is 1. The van der Waals surface area contributed by atoms with Crippen LogP contribution in [0.4, 0.5) is 14.5 Å². The van der Waals surface area contributed by atoms with Gasteiger partial charge in [-0.1, -0.05) is 34.8 Å². The third-order valence-electron chi connectivity index (χ3n) is 4.95. The van der Waals surface area contributed by atoms with E-state index in [2.05, 4.69) is 9.59 Å². The SMILES string of the molecule is CC1CN(c2c(CO)cc(-c3nnsc3-c3ccccc3)c(F)c2F)CC(C)O1. The fraction of sp³-hybridized carbons (Fsp3) is 0.333. The summed E-state index contributed by atoms with van der Waals surface area (Å²) in [6.45, 7) is 4.19. The third-order valence-corrected chi connectivity index (χ3v) is 5.72. The van der Waals surface area contributed by atoms with Gasteiger partial charge in [0.25, 0.3) is 0 Å². The number of halogens is 2. The highest BCUT2D eigenvalue weighted by molar-refractivity contribution is 7.09. The second kappa shape index (κ2) is 8.14. The van der Waals surface area contributed by atoms with Crippen molar-refractivity contribution in [3.63, 3.8) is 0 Å². The molecule has 8 heteroatoms. The van der Waals surface area contributed by atoms with E-state index in [0.717, 1.165) is 17.1 Å². The number of rotatable bonds is 4. The topological polar surface area (TPSA) is 58.5 Å². The molecule has 1 saturated heterocycles. The van der Waals surface area contributed by atoms with E-state index in [1.807, 2.05) is 44.2 Å². The molecule has 1 fully saturated rings. The van der Waals surface area contributed by atoms with Crippen molar-refractivity contribution >= 4 is 17.2 Å². The van der Waals surface area contributed by atoms with Gasteiger partial charge in [-0.05, 0) is 37.0 Å². The van der Waals surface area contributed by atoms with Gasteiger partial charge in [0, 0.05) is 24.2 Å². The van der Waals surface area contributed by atoms with Gasteiger partial charge in [0.05, 0.1) is 29.4 Å². The molecule has 152 valence electrons. The molecule has 0 amide bonds. The van der Waals surface area contributed by atoms with Crippen LogP contribution >= 0.6 is 11.5 Å². The van der Waals surface area contributed by atoms with E-state index < -0.39 is 18.2 Å². The minimum atomic E-state index is -0.992. The molecule has 1 aliphatic rings. The Balaban J connectivity index is 1.82. The third kappa shape index (κ3) is 3.75. The first-order valence-electron chi connectivity index (χ1n) is 9.39. The molecule has 2 aromatic carbocycles. The van der Waals surface area contributed by atoms with Crippen LogP contribution in [-0.2, 0) is 11.3 Å². The van der Waals surface area contributed by atoms with Gasteiger partial charge in [-0.2, -0.15) is 0 Å². The summed E-state index contributed by atoms with van der Waals surface area (Å²) in [5.41, 5.74) is 1.48. The minimum absolute atomic E-state index is 0.00254. The molecule has 0 bridgehead atoms. The normalized spacial score (nSPS) is 19.6. The maximum absolute atomic E-state index is 15.3. The first kappa shape index (κ1) is 19.9. The maximum Gasteiger partial charge on any atom is 0.183 e. The van der Waals surface area contributed by atoms with Crippen molar-refractivity contribution in [3.05, 3.63) is 53.6 Å². The summed E-state index contributed by atoms with van der Waals surface area (Å²) in [5, 5.41) is 14.0. The summed E-state index contributed by atoms with van der Waals surface area (Å²) < 4.78 is 40.1. The predicted octanol–water partition coefficient (Wildman–Crippen LogP) is 4.26.